The largest absolute Gasteiger partial charge is 0.368 e. The minimum absolute atomic E-state index is 0.0152. The van der Waals surface area contributed by atoms with Crippen molar-refractivity contribution >= 4 is 11.7 Å². The maximum Gasteiger partial charge on any atom is 0.251 e. The predicted molar refractivity (Wildman–Crippen MR) is 96.2 cm³/mol. The molecule has 0 fully saturated rings. The molecular formula is C19H24N4O. The summed E-state index contributed by atoms with van der Waals surface area (Å²) in [6.45, 7) is 6.54. The van der Waals surface area contributed by atoms with Gasteiger partial charge in [0.15, 0.2) is 0 Å². The molecule has 1 amide bonds. The van der Waals surface area contributed by atoms with Crippen molar-refractivity contribution in [2.45, 2.75) is 19.9 Å². The molecule has 0 atom stereocenters. The number of pyridine rings is 1. The zero-order chi connectivity index (χ0) is 16.8. The third-order valence-corrected chi connectivity index (χ3v) is 4.39. The van der Waals surface area contributed by atoms with Gasteiger partial charge in [-0.3, -0.25) is 9.69 Å². The van der Waals surface area contributed by atoms with E-state index < -0.39 is 0 Å². The van der Waals surface area contributed by atoms with Gasteiger partial charge < -0.3 is 10.6 Å². The number of hydrogen-bond acceptors (Lipinski definition) is 4. The number of benzene rings is 1. The summed E-state index contributed by atoms with van der Waals surface area (Å²) in [6.07, 6.45) is 2.76. The van der Waals surface area contributed by atoms with E-state index in [-0.39, 0.29) is 5.91 Å². The molecule has 0 radical (unpaired) electrons. The number of fused-ring (bicyclic) bond motifs is 1. The van der Waals surface area contributed by atoms with E-state index in [1.54, 1.807) is 6.20 Å². The molecule has 0 unspecified atom stereocenters. The fraction of sp³-hybridized carbons (Fsp3) is 0.368. The summed E-state index contributed by atoms with van der Waals surface area (Å²) in [7, 11) is 0. The number of amides is 1. The average molecular weight is 324 g/mol. The van der Waals surface area contributed by atoms with Crippen LogP contribution in [0, 0.1) is 0 Å². The molecular weight excluding hydrogens is 300 g/mol. The highest BCUT2D eigenvalue weighted by Crippen LogP contribution is 2.20. The number of nitrogens with one attached hydrogen (secondary N) is 2. The van der Waals surface area contributed by atoms with Gasteiger partial charge in [0.2, 0.25) is 0 Å². The number of nitrogens with zero attached hydrogens (tertiary/aromatic N) is 2. The predicted octanol–water partition coefficient (Wildman–Crippen LogP) is 2.30. The minimum Gasteiger partial charge on any atom is -0.368 e. The molecule has 1 aliphatic rings. The van der Waals surface area contributed by atoms with Gasteiger partial charge in [0.25, 0.3) is 5.91 Å². The van der Waals surface area contributed by atoms with Gasteiger partial charge in [-0.15, -0.1) is 0 Å². The molecule has 126 valence electrons. The highest BCUT2D eigenvalue weighted by Gasteiger charge is 2.16. The van der Waals surface area contributed by atoms with Crippen molar-refractivity contribution in [1.82, 2.24) is 15.2 Å². The summed E-state index contributed by atoms with van der Waals surface area (Å²) in [5.74, 6) is 0.805. The molecule has 5 nitrogen and oxygen atoms in total. The number of carbonyl (C=O) groups is 1. The molecule has 2 N–H and O–H groups in total. The summed E-state index contributed by atoms with van der Waals surface area (Å²) in [5, 5.41) is 6.14. The Morgan fingerprint density at radius 1 is 1.21 bits per heavy atom. The van der Waals surface area contributed by atoms with Crippen LogP contribution in [-0.4, -0.2) is 42.0 Å². The molecule has 5 heteroatoms. The molecule has 2 aromatic rings. The fourth-order valence-electron chi connectivity index (χ4n) is 2.96. The number of anilines is 1. The Morgan fingerprint density at radius 2 is 2.12 bits per heavy atom. The maximum absolute atomic E-state index is 12.3. The summed E-state index contributed by atoms with van der Waals surface area (Å²) in [4.78, 5) is 18.9. The smallest absolute Gasteiger partial charge is 0.251 e. The van der Waals surface area contributed by atoms with E-state index in [1.165, 1.54) is 11.1 Å². The molecule has 0 spiro atoms. The summed E-state index contributed by atoms with van der Waals surface area (Å²) < 4.78 is 0. The quantitative estimate of drug-likeness (QED) is 0.801. The number of likely N-dealkylation sites (N-methyl/N-ethyl adjacent to an activating group) is 1. The molecule has 0 saturated heterocycles. The van der Waals surface area contributed by atoms with Gasteiger partial charge in [0.05, 0.1) is 0 Å². The first-order valence-electron chi connectivity index (χ1n) is 8.53. The van der Waals surface area contributed by atoms with Gasteiger partial charge >= 0.3 is 0 Å². The molecule has 0 bridgehead atoms. The van der Waals surface area contributed by atoms with Crippen LogP contribution in [0.2, 0.25) is 0 Å². The van der Waals surface area contributed by atoms with E-state index in [1.807, 2.05) is 30.3 Å². The molecule has 1 aliphatic heterocycles. The summed E-state index contributed by atoms with van der Waals surface area (Å²) in [5.41, 5.74) is 3.40. The summed E-state index contributed by atoms with van der Waals surface area (Å²) in [6, 6.07) is 11.8. The van der Waals surface area contributed by atoms with Gasteiger partial charge in [-0.1, -0.05) is 19.1 Å². The molecule has 24 heavy (non-hydrogen) atoms. The van der Waals surface area contributed by atoms with Gasteiger partial charge in [-0.05, 0) is 48.4 Å². The van der Waals surface area contributed by atoms with Gasteiger partial charge in [0, 0.05) is 37.9 Å². The highest BCUT2D eigenvalue weighted by molar-refractivity contribution is 5.94. The lowest BCUT2D eigenvalue weighted by atomic mass is 9.97. The normalized spacial score (nSPS) is 14.0. The molecule has 1 aromatic carbocycles. The van der Waals surface area contributed by atoms with E-state index in [0.29, 0.717) is 13.1 Å². The molecule has 3 rings (SSSR count). The first-order valence-corrected chi connectivity index (χ1v) is 8.53. The monoisotopic (exact) mass is 324 g/mol. The maximum atomic E-state index is 12.3. The van der Waals surface area contributed by atoms with Crippen LogP contribution < -0.4 is 10.6 Å². The van der Waals surface area contributed by atoms with Crippen LogP contribution in [0.15, 0.2) is 42.6 Å². The Kier molecular flexibility index (Phi) is 5.43. The van der Waals surface area contributed by atoms with Crippen molar-refractivity contribution in [1.29, 1.82) is 0 Å². The van der Waals surface area contributed by atoms with Crippen LogP contribution in [-0.2, 0) is 13.0 Å². The average Bonchev–Trinajstić information content (AvgIpc) is 2.65. The van der Waals surface area contributed by atoms with Gasteiger partial charge in [-0.2, -0.15) is 0 Å². The van der Waals surface area contributed by atoms with E-state index in [0.717, 1.165) is 37.4 Å². The lowest BCUT2D eigenvalue weighted by Gasteiger charge is -2.27. The first kappa shape index (κ1) is 16.5. The third kappa shape index (κ3) is 4.11. The Balaban J connectivity index is 1.50. The van der Waals surface area contributed by atoms with Crippen molar-refractivity contribution < 1.29 is 4.79 Å². The Bertz CT molecular complexity index is 687. The highest BCUT2D eigenvalue weighted by atomic mass is 16.1. The van der Waals surface area contributed by atoms with Crippen LogP contribution in [0.25, 0.3) is 0 Å². The third-order valence-electron chi connectivity index (χ3n) is 4.39. The number of carbonyl (C=O) groups excluding carboxylic acids is 1. The van der Waals surface area contributed by atoms with Crippen LogP contribution >= 0.6 is 0 Å². The molecule has 0 saturated carbocycles. The van der Waals surface area contributed by atoms with Crippen LogP contribution in [0.4, 0.5) is 5.82 Å². The van der Waals surface area contributed by atoms with Crippen LogP contribution in [0.1, 0.15) is 28.4 Å². The number of hydrogen-bond donors (Lipinski definition) is 2. The zero-order valence-electron chi connectivity index (χ0n) is 14.1. The fourth-order valence-corrected chi connectivity index (χ4v) is 2.96. The van der Waals surface area contributed by atoms with E-state index in [4.69, 9.17) is 0 Å². The van der Waals surface area contributed by atoms with E-state index in [9.17, 15) is 4.79 Å². The van der Waals surface area contributed by atoms with Crippen LogP contribution in [0.5, 0.6) is 0 Å². The van der Waals surface area contributed by atoms with E-state index in [2.05, 4.69) is 33.5 Å². The van der Waals surface area contributed by atoms with Gasteiger partial charge in [-0.25, -0.2) is 4.98 Å². The first-order chi connectivity index (χ1) is 11.8. The van der Waals surface area contributed by atoms with Gasteiger partial charge in [0.1, 0.15) is 5.82 Å². The van der Waals surface area contributed by atoms with E-state index >= 15 is 0 Å². The lowest BCUT2D eigenvalue weighted by Crippen LogP contribution is -2.31. The number of rotatable bonds is 6. The van der Waals surface area contributed by atoms with Crippen molar-refractivity contribution in [3.05, 3.63) is 59.3 Å². The second-order valence-electron chi connectivity index (χ2n) is 6.00. The second-order valence-corrected chi connectivity index (χ2v) is 6.00. The molecule has 1 aromatic heterocycles. The topological polar surface area (TPSA) is 57.3 Å². The molecule has 0 aliphatic carbocycles. The van der Waals surface area contributed by atoms with Crippen molar-refractivity contribution in [3.63, 3.8) is 0 Å². The van der Waals surface area contributed by atoms with Crippen LogP contribution in [0.3, 0.4) is 0 Å². The lowest BCUT2D eigenvalue weighted by molar-refractivity contribution is 0.0955. The zero-order valence-corrected chi connectivity index (χ0v) is 14.1. The SMILES string of the molecule is CCN1CCc2cc(C(=O)NCCNc3ccccn3)ccc2C1. The summed E-state index contributed by atoms with van der Waals surface area (Å²) >= 11 is 0. The Labute approximate surface area is 143 Å². The minimum atomic E-state index is -0.0152. The van der Waals surface area contributed by atoms with Crippen molar-refractivity contribution in [2.75, 3.05) is 31.5 Å². The number of aromatic nitrogens is 1. The standard InChI is InChI=1S/C19H24N4O/c1-2-23-12-8-15-13-16(6-7-17(15)14-23)19(24)22-11-10-21-18-5-3-4-9-20-18/h3-7,9,13H,2,8,10-12,14H2,1H3,(H,20,21)(H,22,24). The Hall–Kier alpha value is -2.40. The van der Waals surface area contributed by atoms with Crippen molar-refractivity contribution in [2.24, 2.45) is 0 Å². The molecule has 2 heterocycles. The Morgan fingerprint density at radius 3 is 2.92 bits per heavy atom. The van der Waals surface area contributed by atoms with Crippen molar-refractivity contribution in [3.8, 4) is 0 Å². The second kappa shape index (κ2) is 7.93.